The number of hydrogen-bond donors (Lipinski definition) is 0. The van der Waals surface area contributed by atoms with Crippen molar-refractivity contribution in [2.24, 2.45) is 5.92 Å². The predicted molar refractivity (Wildman–Crippen MR) is 46.3 cm³/mol. The van der Waals surface area contributed by atoms with Crippen molar-refractivity contribution in [3.8, 4) is 5.88 Å². The van der Waals surface area contributed by atoms with Crippen molar-refractivity contribution in [2.75, 3.05) is 7.11 Å². The third-order valence-corrected chi connectivity index (χ3v) is 1.75. The first-order valence-corrected chi connectivity index (χ1v) is 4.14. The van der Waals surface area contributed by atoms with Crippen molar-refractivity contribution in [1.29, 1.82) is 0 Å². The van der Waals surface area contributed by atoms with Gasteiger partial charge < -0.3 is 9.26 Å². The summed E-state index contributed by atoms with van der Waals surface area (Å²) in [6, 6.07) is 0. The topological polar surface area (TPSA) is 35.3 Å². The first-order valence-electron chi connectivity index (χ1n) is 4.14. The van der Waals surface area contributed by atoms with E-state index in [0.717, 1.165) is 17.7 Å². The Hall–Kier alpha value is -0.990. The molecule has 0 aromatic carbocycles. The second-order valence-electron chi connectivity index (χ2n) is 3.32. The average molecular weight is 169 g/mol. The zero-order chi connectivity index (χ0) is 9.14. The lowest BCUT2D eigenvalue weighted by molar-refractivity contribution is 0.331. The highest BCUT2D eigenvalue weighted by atomic mass is 16.5. The SMILES string of the molecule is COc1noc(C)c1CC(C)C. The normalized spacial score (nSPS) is 10.8. The Bertz CT molecular complexity index is 253. The number of aryl methyl sites for hydroxylation is 1. The maximum atomic E-state index is 5.06. The van der Waals surface area contributed by atoms with Crippen LogP contribution in [0.5, 0.6) is 5.88 Å². The van der Waals surface area contributed by atoms with Gasteiger partial charge in [0.05, 0.1) is 12.7 Å². The highest BCUT2D eigenvalue weighted by molar-refractivity contribution is 5.27. The Morgan fingerprint density at radius 2 is 2.17 bits per heavy atom. The van der Waals surface area contributed by atoms with E-state index in [1.807, 2.05) is 6.92 Å². The molecule has 0 radical (unpaired) electrons. The van der Waals surface area contributed by atoms with Gasteiger partial charge in [0.15, 0.2) is 0 Å². The van der Waals surface area contributed by atoms with Crippen molar-refractivity contribution in [1.82, 2.24) is 5.16 Å². The zero-order valence-electron chi connectivity index (χ0n) is 8.05. The molecule has 0 saturated heterocycles. The molecule has 0 fully saturated rings. The minimum atomic E-state index is 0.594. The van der Waals surface area contributed by atoms with Gasteiger partial charge in [-0.15, -0.1) is 0 Å². The molecule has 0 aliphatic heterocycles. The Kier molecular flexibility index (Phi) is 2.74. The van der Waals surface area contributed by atoms with E-state index in [1.165, 1.54) is 0 Å². The van der Waals surface area contributed by atoms with Gasteiger partial charge in [-0.3, -0.25) is 0 Å². The highest BCUT2D eigenvalue weighted by Crippen LogP contribution is 2.23. The van der Waals surface area contributed by atoms with E-state index in [2.05, 4.69) is 19.0 Å². The third kappa shape index (κ3) is 1.78. The van der Waals surface area contributed by atoms with Crippen LogP contribution in [0.25, 0.3) is 0 Å². The van der Waals surface area contributed by atoms with Crippen LogP contribution in [0.15, 0.2) is 4.52 Å². The lowest BCUT2D eigenvalue weighted by Gasteiger charge is -2.03. The predicted octanol–water partition coefficient (Wildman–Crippen LogP) is 2.19. The second-order valence-corrected chi connectivity index (χ2v) is 3.32. The van der Waals surface area contributed by atoms with E-state index in [0.29, 0.717) is 11.8 Å². The fourth-order valence-corrected chi connectivity index (χ4v) is 1.17. The van der Waals surface area contributed by atoms with Crippen molar-refractivity contribution in [3.05, 3.63) is 11.3 Å². The van der Waals surface area contributed by atoms with E-state index in [4.69, 9.17) is 9.26 Å². The van der Waals surface area contributed by atoms with Gasteiger partial charge in [0.1, 0.15) is 5.76 Å². The molecule has 0 spiro atoms. The molecule has 0 aliphatic carbocycles. The highest BCUT2D eigenvalue weighted by Gasteiger charge is 2.13. The number of aromatic nitrogens is 1. The summed E-state index contributed by atoms with van der Waals surface area (Å²) in [7, 11) is 1.61. The molecule has 0 atom stereocenters. The Balaban J connectivity index is 2.86. The van der Waals surface area contributed by atoms with Gasteiger partial charge in [-0.2, -0.15) is 0 Å². The minimum absolute atomic E-state index is 0.594. The van der Waals surface area contributed by atoms with Crippen LogP contribution in [0.3, 0.4) is 0 Å². The standard InChI is InChI=1S/C9H15NO2/c1-6(2)5-8-7(3)12-10-9(8)11-4/h6H,5H2,1-4H3. The molecule has 0 aliphatic rings. The van der Waals surface area contributed by atoms with Crippen LogP contribution in [0.4, 0.5) is 0 Å². The van der Waals surface area contributed by atoms with Gasteiger partial charge in [0.2, 0.25) is 0 Å². The molecule has 12 heavy (non-hydrogen) atoms. The van der Waals surface area contributed by atoms with Gasteiger partial charge in [0, 0.05) is 0 Å². The molecule has 0 unspecified atom stereocenters. The Morgan fingerprint density at radius 3 is 2.67 bits per heavy atom. The Morgan fingerprint density at radius 1 is 1.50 bits per heavy atom. The Labute approximate surface area is 72.7 Å². The van der Waals surface area contributed by atoms with Crippen molar-refractivity contribution in [3.63, 3.8) is 0 Å². The van der Waals surface area contributed by atoms with Crippen LogP contribution >= 0.6 is 0 Å². The molecule has 1 rings (SSSR count). The summed E-state index contributed by atoms with van der Waals surface area (Å²) in [5.74, 6) is 2.08. The van der Waals surface area contributed by atoms with Crippen LogP contribution in [0.2, 0.25) is 0 Å². The summed E-state index contributed by atoms with van der Waals surface area (Å²) < 4.78 is 10.1. The van der Waals surface area contributed by atoms with E-state index in [1.54, 1.807) is 7.11 Å². The van der Waals surface area contributed by atoms with Crippen LogP contribution in [0, 0.1) is 12.8 Å². The molecule has 0 bridgehead atoms. The zero-order valence-corrected chi connectivity index (χ0v) is 8.05. The molecular formula is C9H15NO2. The number of hydrogen-bond acceptors (Lipinski definition) is 3. The van der Waals surface area contributed by atoms with Crippen molar-refractivity contribution >= 4 is 0 Å². The number of nitrogens with zero attached hydrogens (tertiary/aromatic N) is 1. The fraction of sp³-hybridized carbons (Fsp3) is 0.667. The maximum absolute atomic E-state index is 5.06. The van der Waals surface area contributed by atoms with E-state index < -0.39 is 0 Å². The summed E-state index contributed by atoms with van der Waals surface area (Å²) >= 11 is 0. The van der Waals surface area contributed by atoms with Gasteiger partial charge in [-0.05, 0) is 24.4 Å². The molecule has 3 nitrogen and oxygen atoms in total. The maximum Gasteiger partial charge on any atom is 0.257 e. The first kappa shape index (κ1) is 9.10. The lowest BCUT2D eigenvalue weighted by Crippen LogP contribution is -1.97. The van der Waals surface area contributed by atoms with Gasteiger partial charge in [0.25, 0.3) is 5.88 Å². The summed E-state index contributed by atoms with van der Waals surface area (Å²) in [5.41, 5.74) is 1.09. The monoisotopic (exact) mass is 169 g/mol. The third-order valence-electron chi connectivity index (χ3n) is 1.75. The summed E-state index contributed by atoms with van der Waals surface area (Å²) in [6.07, 6.45) is 0.957. The lowest BCUT2D eigenvalue weighted by atomic mass is 10.0. The fourth-order valence-electron chi connectivity index (χ4n) is 1.17. The van der Waals surface area contributed by atoms with Crippen LogP contribution in [0.1, 0.15) is 25.2 Å². The van der Waals surface area contributed by atoms with Gasteiger partial charge in [-0.1, -0.05) is 13.8 Å². The van der Waals surface area contributed by atoms with Crippen LogP contribution < -0.4 is 4.74 Å². The summed E-state index contributed by atoms with van der Waals surface area (Å²) in [5, 5.41) is 3.79. The molecule has 0 amide bonds. The van der Waals surface area contributed by atoms with Crippen molar-refractivity contribution < 1.29 is 9.26 Å². The number of methoxy groups -OCH3 is 1. The molecule has 1 aromatic rings. The summed E-state index contributed by atoms with van der Waals surface area (Å²) in [6.45, 7) is 6.23. The average Bonchev–Trinajstić information content (AvgIpc) is 2.32. The van der Waals surface area contributed by atoms with E-state index in [-0.39, 0.29) is 0 Å². The van der Waals surface area contributed by atoms with E-state index in [9.17, 15) is 0 Å². The van der Waals surface area contributed by atoms with Crippen LogP contribution in [-0.4, -0.2) is 12.3 Å². The summed E-state index contributed by atoms with van der Waals surface area (Å²) in [4.78, 5) is 0. The number of ether oxygens (including phenoxy) is 1. The molecule has 1 aromatic heterocycles. The van der Waals surface area contributed by atoms with Crippen molar-refractivity contribution in [2.45, 2.75) is 27.2 Å². The molecule has 3 heteroatoms. The smallest absolute Gasteiger partial charge is 0.257 e. The first-order chi connectivity index (χ1) is 5.65. The molecule has 0 N–H and O–H groups in total. The second kappa shape index (κ2) is 3.61. The molecular weight excluding hydrogens is 154 g/mol. The van der Waals surface area contributed by atoms with Crippen LogP contribution in [-0.2, 0) is 6.42 Å². The van der Waals surface area contributed by atoms with E-state index >= 15 is 0 Å². The number of rotatable bonds is 3. The van der Waals surface area contributed by atoms with Gasteiger partial charge >= 0.3 is 0 Å². The minimum Gasteiger partial charge on any atom is -0.479 e. The molecule has 68 valence electrons. The largest absolute Gasteiger partial charge is 0.479 e. The van der Waals surface area contributed by atoms with Gasteiger partial charge in [-0.25, -0.2) is 0 Å². The molecule has 0 saturated carbocycles. The quantitative estimate of drug-likeness (QED) is 0.695. The molecule has 1 heterocycles.